The molecule has 1 amide bonds. The summed E-state index contributed by atoms with van der Waals surface area (Å²) in [5.74, 6) is -1.60. The van der Waals surface area contributed by atoms with Gasteiger partial charge >= 0.3 is 5.97 Å². The lowest BCUT2D eigenvalue weighted by Crippen LogP contribution is -2.22. The predicted molar refractivity (Wildman–Crippen MR) is 90.5 cm³/mol. The minimum atomic E-state index is -2.98. The van der Waals surface area contributed by atoms with Gasteiger partial charge < -0.3 is 10.1 Å². The van der Waals surface area contributed by atoms with Crippen molar-refractivity contribution in [2.24, 2.45) is 0 Å². The highest BCUT2D eigenvalue weighted by Crippen LogP contribution is 2.24. The van der Waals surface area contributed by atoms with Gasteiger partial charge in [0.25, 0.3) is 5.91 Å². The topological polar surface area (TPSA) is 89.5 Å². The lowest BCUT2D eigenvalue weighted by Gasteiger charge is -2.09. The van der Waals surface area contributed by atoms with E-state index in [-0.39, 0.29) is 33.2 Å². The summed E-state index contributed by atoms with van der Waals surface area (Å²) < 4.78 is 40.4. The highest BCUT2D eigenvalue weighted by atomic mass is 35.5. The van der Waals surface area contributed by atoms with Gasteiger partial charge in [-0.1, -0.05) is 11.6 Å². The second-order valence-electron chi connectivity index (χ2n) is 5.17. The maximum atomic E-state index is 13.0. The van der Waals surface area contributed by atoms with Crippen molar-refractivity contribution in [3.63, 3.8) is 0 Å². The smallest absolute Gasteiger partial charge is 0.316 e. The first kappa shape index (κ1) is 19.0. The van der Waals surface area contributed by atoms with E-state index in [1.165, 1.54) is 23.9 Å². The number of sulfone groups is 1. The van der Waals surface area contributed by atoms with Crippen LogP contribution >= 0.6 is 23.4 Å². The van der Waals surface area contributed by atoms with Crippen LogP contribution < -0.4 is 5.32 Å². The van der Waals surface area contributed by atoms with Gasteiger partial charge in [-0.2, -0.15) is 0 Å². The number of nitrogens with one attached hydrogen (secondary N) is 1. The second-order valence-corrected chi connectivity index (χ2v) is 9.10. The van der Waals surface area contributed by atoms with E-state index < -0.39 is 34.1 Å². The maximum Gasteiger partial charge on any atom is 0.316 e. The van der Waals surface area contributed by atoms with Gasteiger partial charge in [0.15, 0.2) is 16.4 Å². The van der Waals surface area contributed by atoms with Crippen LogP contribution in [0.3, 0.4) is 0 Å². The van der Waals surface area contributed by atoms with Gasteiger partial charge in [-0.25, -0.2) is 12.8 Å². The normalized spacial score (nSPS) is 19.0. The van der Waals surface area contributed by atoms with E-state index in [1.54, 1.807) is 0 Å². The number of carbonyl (C=O) groups excluding carboxylic acids is 2. The number of amides is 1. The molecule has 1 aliphatic rings. The molecule has 0 unspecified atom stereocenters. The number of ether oxygens (including phenoxy) is 1. The Hall–Kier alpha value is -1.32. The van der Waals surface area contributed by atoms with E-state index in [0.717, 1.165) is 6.07 Å². The summed E-state index contributed by atoms with van der Waals surface area (Å²) in [6, 6.07) is 3.68. The van der Waals surface area contributed by atoms with Gasteiger partial charge in [-0.3, -0.25) is 9.59 Å². The Kier molecular flexibility index (Phi) is 6.47. The molecular formula is C14H15ClFNO5S2. The van der Waals surface area contributed by atoms with Crippen LogP contribution in [0.15, 0.2) is 18.2 Å². The summed E-state index contributed by atoms with van der Waals surface area (Å²) in [5.41, 5.74) is 0.285. The van der Waals surface area contributed by atoms with E-state index in [9.17, 15) is 22.4 Å². The zero-order chi connectivity index (χ0) is 17.7. The molecule has 1 fully saturated rings. The molecule has 10 heteroatoms. The van der Waals surface area contributed by atoms with Crippen molar-refractivity contribution in [1.29, 1.82) is 0 Å². The molecule has 0 radical (unpaired) electrons. The molecule has 0 saturated carbocycles. The van der Waals surface area contributed by atoms with Crippen molar-refractivity contribution in [3.8, 4) is 0 Å². The van der Waals surface area contributed by atoms with Crippen molar-refractivity contribution < 1.29 is 27.1 Å². The molecule has 0 aromatic heterocycles. The fraction of sp³-hybridized carbons (Fsp3) is 0.429. The Bertz CT molecular complexity index is 741. The molecule has 0 aliphatic carbocycles. The standard InChI is InChI=1S/C14H15ClFNO5S2/c15-11-5-9(1-2-12(11)16)17-13(18)6-22-14(19)7-23-10-3-4-24(20,21)8-10/h1-2,5,10H,3-4,6-8H2,(H,17,18)/t10-/m1/s1. The molecule has 1 aromatic rings. The molecule has 1 atom stereocenters. The Labute approximate surface area is 148 Å². The summed E-state index contributed by atoms with van der Waals surface area (Å²) in [6.45, 7) is -0.489. The van der Waals surface area contributed by atoms with Crippen LogP contribution in [0, 0.1) is 5.82 Å². The third-order valence-electron chi connectivity index (χ3n) is 3.20. The Morgan fingerprint density at radius 1 is 1.42 bits per heavy atom. The number of hydrogen-bond donors (Lipinski definition) is 1. The van der Waals surface area contributed by atoms with Gasteiger partial charge in [0, 0.05) is 10.9 Å². The van der Waals surface area contributed by atoms with Gasteiger partial charge in [0.2, 0.25) is 0 Å². The van der Waals surface area contributed by atoms with E-state index >= 15 is 0 Å². The monoisotopic (exact) mass is 395 g/mol. The van der Waals surface area contributed by atoms with Crippen LogP contribution in [0.2, 0.25) is 5.02 Å². The molecule has 2 rings (SSSR count). The van der Waals surface area contributed by atoms with Crippen LogP contribution in [-0.2, 0) is 24.2 Å². The largest absolute Gasteiger partial charge is 0.455 e. The summed E-state index contributed by atoms with van der Waals surface area (Å²) in [5, 5.41) is 2.17. The van der Waals surface area contributed by atoms with Gasteiger partial charge in [-0.15, -0.1) is 11.8 Å². The summed E-state index contributed by atoms with van der Waals surface area (Å²) in [6.07, 6.45) is 0.520. The van der Waals surface area contributed by atoms with Gasteiger partial charge in [0.05, 0.1) is 22.3 Å². The zero-order valence-electron chi connectivity index (χ0n) is 12.5. The molecular weight excluding hydrogens is 381 g/mol. The van der Waals surface area contributed by atoms with Crippen molar-refractivity contribution in [1.82, 2.24) is 0 Å². The van der Waals surface area contributed by atoms with Crippen LogP contribution in [0.4, 0.5) is 10.1 Å². The third-order valence-corrected chi connectivity index (χ3v) is 6.74. The highest BCUT2D eigenvalue weighted by Gasteiger charge is 2.28. The van der Waals surface area contributed by atoms with E-state index in [2.05, 4.69) is 5.32 Å². The fourth-order valence-electron chi connectivity index (χ4n) is 2.04. The number of carbonyl (C=O) groups is 2. The Morgan fingerprint density at radius 3 is 2.79 bits per heavy atom. The van der Waals surface area contributed by atoms with Gasteiger partial charge in [0.1, 0.15) is 5.82 Å². The van der Waals surface area contributed by atoms with Crippen molar-refractivity contribution >= 4 is 50.8 Å². The lowest BCUT2D eigenvalue weighted by molar-refractivity contribution is -0.144. The van der Waals surface area contributed by atoms with Crippen LogP contribution in [0.1, 0.15) is 6.42 Å². The average molecular weight is 396 g/mol. The molecule has 1 heterocycles. The Morgan fingerprint density at radius 2 is 2.17 bits per heavy atom. The number of esters is 1. The molecule has 0 bridgehead atoms. The highest BCUT2D eigenvalue weighted by molar-refractivity contribution is 8.02. The molecule has 1 N–H and O–H groups in total. The number of benzene rings is 1. The SMILES string of the molecule is O=C(COC(=O)CS[C@@H]1CCS(=O)(=O)C1)Nc1ccc(F)c(Cl)c1. The second kappa shape index (κ2) is 8.17. The van der Waals surface area contributed by atoms with Crippen LogP contribution in [-0.4, -0.2) is 49.4 Å². The molecule has 0 spiro atoms. The molecule has 132 valence electrons. The number of halogens is 2. The third kappa shape index (κ3) is 5.95. The van der Waals surface area contributed by atoms with Crippen molar-refractivity contribution in [2.75, 3.05) is 29.2 Å². The number of rotatable bonds is 6. The van der Waals surface area contributed by atoms with E-state index in [1.807, 2.05) is 0 Å². The minimum absolute atomic E-state index is 0.0180. The lowest BCUT2D eigenvalue weighted by atomic mass is 10.3. The Balaban J connectivity index is 1.69. The molecule has 6 nitrogen and oxygen atoms in total. The first-order valence-electron chi connectivity index (χ1n) is 6.98. The summed E-state index contributed by atoms with van der Waals surface area (Å²) >= 11 is 6.80. The number of hydrogen-bond acceptors (Lipinski definition) is 6. The molecule has 1 aliphatic heterocycles. The molecule has 1 aromatic carbocycles. The molecule has 24 heavy (non-hydrogen) atoms. The van der Waals surface area contributed by atoms with Gasteiger partial charge in [-0.05, 0) is 24.6 Å². The van der Waals surface area contributed by atoms with Crippen molar-refractivity contribution in [3.05, 3.63) is 29.0 Å². The maximum absolute atomic E-state index is 13.0. The quantitative estimate of drug-likeness (QED) is 0.740. The summed E-state index contributed by atoms with van der Waals surface area (Å²) in [4.78, 5) is 23.2. The predicted octanol–water partition coefficient (Wildman–Crippen LogP) is 1.88. The van der Waals surface area contributed by atoms with E-state index in [4.69, 9.17) is 16.3 Å². The average Bonchev–Trinajstić information content (AvgIpc) is 2.86. The first-order valence-corrected chi connectivity index (χ1v) is 10.2. The number of anilines is 1. The first-order chi connectivity index (χ1) is 11.2. The molecule has 1 saturated heterocycles. The van der Waals surface area contributed by atoms with E-state index in [0.29, 0.717) is 6.42 Å². The van der Waals surface area contributed by atoms with Crippen molar-refractivity contribution in [2.45, 2.75) is 11.7 Å². The number of thioether (sulfide) groups is 1. The zero-order valence-corrected chi connectivity index (χ0v) is 14.8. The van der Waals surface area contributed by atoms with Crippen LogP contribution in [0.25, 0.3) is 0 Å². The minimum Gasteiger partial charge on any atom is -0.455 e. The van der Waals surface area contributed by atoms with Crippen LogP contribution in [0.5, 0.6) is 0 Å². The summed E-state index contributed by atoms with van der Waals surface area (Å²) in [7, 11) is -2.98. The fourth-order valence-corrected chi connectivity index (χ4v) is 5.66.